The molecular weight excluding hydrogens is 448 g/mol. The van der Waals surface area contributed by atoms with Gasteiger partial charge in [-0.05, 0) is 49.8 Å². The molecule has 0 spiro atoms. The van der Waals surface area contributed by atoms with Crippen molar-refractivity contribution in [1.82, 2.24) is 4.98 Å². The van der Waals surface area contributed by atoms with E-state index in [9.17, 15) is 9.59 Å². The summed E-state index contributed by atoms with van der Waals surface area (Å²) >= 11 is 0. The van der Waals surface area contributed by atoms with E-state index >= 15 is 0 Å². The molecule has 182 valence electrons. The second kappa shape index (κ2) is 11.9. The fourth-order valence-corrected chi connectivity index (χ4v) is 4.04. The first kappa shape index (κ1) is 24.1. The molecule has 8 nitrogen and oxygen atoms in total. The lowest BCUT2D eigenvalue weighted by Crippen LogP contribution is -2.21. The van der Waals surface area contributed by atoms with Crippen LogP contribution in [0.3, 0.4) is 0 Å². The van der Waals surface area contributed by atoms with E-state index in [1.54, 1.807) is 30.3 Å². The summed E-state index contributed by atoms with van der Waals surface area (Å²) in [6.07, 6.45) is 4.29. The zero-order valence-corrected chi connectivity index (χ0v) is 19.3. The predicted molar refractivity (Wildman–Crippen MR) is 129 cm³/mol. The van der Waals surface area contributed by atoms with Gasteiger partial charge in [-0.1, -0.05) is 48.5 Å². The highest BCUT2D eigenvalue weighted by Gasteiger charge is 2.24. The first-order valence-corrected chi connectivity index (χ1v) is 11.6. The molecule has 1 heterocycles. The average Bonchev–Trinajstić information content (AvgIpc) is 3.37. The summed E-state index contributed by atoms with van der Waals surface area (Å²) in [7, 11) is 0. The van der Waals surface area contributed by atoms with Gasteiger partial charge in [-0.3, -0.25) is 4.98 Å². The largest absolute Gasteiger partial charge is 0.519 e. The van der Waals surface area contributed by atoms with Gasteiger partial charge in [0.15, 0.2) is 11.5 Å². The standard InChI is InChI=1S/C27H28N2O6/c28-26(30)32-18-20(15-19-9-3-1-4-10-19)23-16-24(33-21-13-7-8-14-21)25(17-29-23)35-27(31)34-22-11-5-2-6-12-22/h1-6,9-12,16-17,20-21H,7-8,13-15,18H2,(H2,28,30). The van der Waals surface area contributed by atoms with Crippen molar-refractivity contribution in [2.24, 2.45) is 5.73 Å². The fraction of sp³-hybridized carbons (Fsp3) is 0.296. The number of aromatic nitrogens is 1. The zero-order valence-electron chi connectivity index (χ0n) is 19.3. The van der Waals surface area contributed by atoms with Gasteiger partial charge >= 0.3 is 12.2 Å². The SMILES string of the molecule is NC(=O)OCC(Cc1ccccc1)c1cc(OC2CCCC2)c(OC(=O)Oc2ccccc2)cn1. The molecule has 1 aliphatic carbocycles. The van der Waals surface area contributed by atoms with Crippen LogP contribution in [0, 0.1) is 0 Å². The van der Waals surface area contributed by atoms with Gasteiger partial charge in [0.25, 0.3) is 0 Å². The summed E-state index contributed by atoms with van der Waals surface area (Å²) < 4.78 is 22.0. The molecule has 0 aliphatic heterocycles. The van der Waals surface area contributed by atoms with Crippen molar-refractivity contribution in [3.05, 3.63) is 84.2 Å². The minimum absolute atomic E-state index is 0.0205. The Labute approximate surface area is 204 Å². The normalized spacial score (nSPS) is 14.2. The second-order valence-electron chi connectivity index (χ2n) is 8.36. The number of benzene rings is 2. The first-order valence-electron chi connectivity index (χ1n) is 11.6. The van der Waals surface area contributed by atoms with Crippen molar-refractivity contribution in [2.75, 3.05) is 6.61 Å². The van der Waals surface area contributed by atoms with E-state index in [1.165, 1.54) is 6.20 Å². The molecule has 8 heteroatoms. The number of hydrogen-bond acceptors (Lipinski definition) is 7. The number of hydrogen-bond donors (Lipinski definition) is 1. The van der Waals surface area contributed by atoms with Gasteiger partial charge in [0.2, 0.25) is 0 Å². The molecule has 35 heavy (non-hydrogen) atoms. The average molecular weight is 477 g/mol. The third-order valence-corrected chi connectivity index (χ3v) is 5.76. The zero-order chi connectivity index (χ0) is 24.5. The number of amides is 1. The molecule has 2 N–H and O–H groups in total. The number of primary amides is 1. The number of nitrogens with zero attached hydrogens (tertiary/aromatic N) is 1. The Hall–Kier alpha value is -4.07. The van der Waals surface area contributed by atoms with Crippen LogP contribution in [0.4, 0.5) is 9.59 Å². The minimum Gasteiger partial charge on any atom is -0.486 e. The van der Waals surface area contributed by atoms with Crippen LogP contribution in [0.1, 0.15) is 42.9 Å². The summed E-state index contributed by atoms with van der Waals surface area (Å²) in [5.41, 5.74) is 6.90. The van der Waals surface area contributed by atoms with Crippen LogP contribution in [0.15, 0.2) is 72.9 Å². The summed E-state index contributed by atoms with van der Waals surface area (Å²) in [5, 5.41) is 0. The number of nitrogens with two attached hydrogens (primary N) is 1. The van der Waals surface area contributed by atoms with Crippen LogP contribution in [0.25, 0.3) is 0 Å². The van der Waals surface area contributed by atoms with Crippen molar-refractivity contribution < 1.29 is 28.5 Å². The number of carbonyl (C=O) groups excluding carboxylic acids is 2. The highest BCUT2D eigenvalue weighted by Crippen LogP contribution is 2.34. The van der Waals surface area contributed by atoms with Gasteiger partial charge < -0.3 is 24.7 Å². The molecule has 2 aromatic carbocycles. The quantitative estimate of drug-likeness (QED) is 0.325. The Morgan fingerprint density at radius 1 is 0.943 bits per heavy atom. The fourth-order valence-electron chi connectivity index (χ4n) is 4.04. The van der Waals surface area contributed by atoms with Crippen molar-refractivity contribution in [3.8, 4) is 17.2 Å². The van der Waals surface area contributed by atoms with Crippen molar-refractivity contribution in [2.45, 2.75) is 44.1 Å². The lowest BCUT2D eigenvalue weighted by atomic mass is 9.96. The van der Waals surface area contributed by atoms with Crippen molar-refractivity contribution >= 4 is 12.2 Å². The smallest absolute Gasteiger partial charge is 0.486 e. The Morgan fingerprint density at radius 3 is 2.31 bits per heavy atom. The second-order valence-corrected chi connectivity index (χ2v) is 8.36. The number of para-hydroxylation sites is 1. The Morgan fingerprint density at radius 2 is 1.63 bits per heavy atom. The molecule has 1 atom stereocenters. The van der Waals surface area contributed by atoms with Crippen LogP contribution < -0.4 is 19.9 Å². The molecule has 0 saturated heterocycles. The summed E-state index contributed by atoms with van der Waals surface area (Å²) in [4.78, 5) is 28.2. The number of ether oxygens (including phenoxy) is 4. The molecule has 0 radical (unpaired) electrons. The predicted octanol–water partition coefficient (Wildman–Crippen LogP) is 5.40. The molecule has 1 aliphatic rings. The van der Waals surface area contributed by atoms with Crippen LogP contribution in [0.2, 0.25) is 0 Å². The van der Waals surface area contributed by atoms with Gasteiger partial charge in [0.1, 0.15) is 12.4 Å². The molecule has 1 saturated carbocycles. The molecule has 1 aromatic heterocycles. The third kappa shape index (κ3) is 7.20. The molecule has 3 aromatic rings. The number of carbonyl (C=O) groups is 2. The van der Waals surface area contributed by atoms with Gasteiger partial charge in [-0.15, -0.1) is 0 Å². The molecule has 1 fully saturated rings. The van der Waals surface area contributed by atoms with Gasteiger partial charge in [0, 0.05) is 12.0 Å². The number of pyridine rings is 1. The molecule has 1 unspecified atom stereocenters. The summed E-state index contributed by atoms with van der Waals surface area (Å²) in [5.74, 6) is 0.646. The van der Waals surface area contributed by atoms with E-state index in [4.69, 9.17) is 24.7 Å². The Kier molecular flexibility index (Phi) is 8.17. The molecule has 0 bridgehead atoms. The van der Waals surface area contributed by atoms with Crippen molar-refractivity contribution in [3.63, 3.8) is 0 Å². The summed E-state index contributed by atoms with van der Waals surface area (Å²) in [6, 6.07) is 20.2. The van der Waals surface area contributed by atoms with E-state index in [1.807, 2.05) is 36.4 Å². The maximum absolute atomic E-state index is 12.4. The lowest BCUT2D eigenvalue weighted by Gasteiger charge is -2.20. The van der Waals surface area contributed by atoms with Crippen molar-refractivity contribution in [1.29, 1.82) is 0 Å². The highest BCUT2D eigenvalue weighted by atomic mass is 16.7. The van der Waals surface area contributed by atoms with Crippen LogP contribution in [-0.2, 0) is 11.2 Å². The molecule has 4 rings (SSSR count). The lowest BCUT2D eigenvalue weighted by molar-refractivity contribution is 0.143. The molecule has 1 amide bonds. The number of rotatable bonds is 9. The topological polar surface area (TPSA) is 110 Å². The first-order chi connectivity index (χ1) is 17.1. The molecular formula is C27H28N2O6. The van der Waals surface area contributed by atoms with Gasteiger partial charge in [-0.25, -0.2) is 9.59 Å². The van der Waals surface area contributed by atoms with Crippen LogP contribution >= 0.6 is 0 Å². The monoisotopic (exact) mass is 476 g/mol. The minimum atomic E-state index is -0.889. The van der Waals surface area contributed by atoms with Gasteiger partial charge in [-0.2, -0.15) is 0 Å². The Balaban J connectivity index is 1.57. The van der Waals surface area contributed by atoms with Gasteiger partial charge in [0.05, 0.1) is 18.0 Å². The maximum Gasteiger partial charge on any atom is 0.519 e. The third-order valence-electron chi connectivity index (χ3n) is 5.76. The van der Waals surface area contributed by atoms with E-state index in [-0.39, 0.29) is 24.4 Å². The van der Waals surface area contributed by atoms with E-state index in [0.717, 1.165) is 31.2 Å². The highest BCUT2D eigenvalue weighted by molar-refractivity contribution is 5.68. The Bertz CT molecular complexity index is 1120. The van der Waals surface area contributed by atoms with E-state index < -0.39 is 12.2 Å². The maximum atomic E-state index is 12.4. The van der Waals surface area contributed by atoms with E-state index in [2.05, 4.69) is 4.98 Å². The van der Waals surface area contributed by atoms with Crippen LogP contribution in [0.5, 0.6) is 17.2 Å². The van der Waals surface area contributed by atoms with E-state index in [0.29, 0.717) is 23.6 Å². The summed E-state index contributed by atoms with van der Waals surface area (Å²) in [6.45, 7) is 0.0519. The van der Waals surface area contributed by atoms with Crippen LogP contribution in [-0.4, -0.2) is 29.9 Å².